The van der Waals surface area contributed by atoms with Gasteiger partial charge in [0.15, 0.2) is 0 Å². The molecule has 0 aliphatic heterocycles. The first-order chi connectivity index (χ1) is 9.86. The standard InChI is InChI=1S/C16H26N2O3/c1-11(2)9-16(3,10-17)18-15(19)14-12(20-4)7-6-8-13(14)21-5/h6-8,11H,9-10,17H2,1-5H3,(H,18,19). The fourth-order valence-corrected chi connectivity index (χ4v) is 2.50. The first kappa shape index (κ1) is 17.3. The van der Waals surface area contributed by atoms with Gasteiger partial charge in [0, 0.05) is 12.1 Å². The van der Waals surface area contributed by atoms with E-state index in [-0.39, 0.29) is 5.91 Å². The lowest BCUT2D eigenvalue weighted by Crippen LogP contribution is -2.52. The highest BCUT2D eigenvalue weighted by Gasteiger charge is 2.29. The van der Waals surface area contributed by atoms with Crippen molar-refractivity contribution in [2.75, 3.05) is 20.8 Å². The van der Waals surface area contributed by atoms with Crippen molar-refractivity contribution in [2.24, 2.45) is 11.7 Å². The summed E-state index contributed by atoms with van der Waals surface area (Å²) in [5.74, 6) is 1.16. The zero-order chi connectivity index (χ0) is 16.0. The van der Waals surface area contributed by atoms with Gasteiger partial charge < -0.3 is 20.5 Å². The van der Waals surface area contributed by atoms with E-state index in [9.17, 15) is 4.79 Å². The quantitative estimate of drug-likeness (QED) is 0.808. The van der Waals surface area contributed by atoms with Crippen LogP contribution < -0.4 is 20.5 Å². The summed E-state index contributed by atoms with van der Waals surface area (Å²) in [5, 5.41) is 3.02. The molecule has 0 fully saturated rings. The third-order valence-corrected chi connectivity index (χ3v) is 3.38. The number of ether oxygens (including phenoxy) is 2. The van der Waals surface area contributed by atoms with Crippen LogP contribution in [0.1, 0.15) is 37.6 Å². The molecule has 0 saturated carbocycles. The normalized spacial score (nSPS) is 13.7. The number of methoxy groups -OCH3 is 2. The molecule has 0 saturated heterocycles. The van der Waals surface area contributed by atoms with Gasteiger partial charge in [-0.1, -0.05) is 19.9 Å². The van der Waals surface area contributed by atoms with E-state index < -0.39 is 5.54 Å². The Morgan fingerprint density at radius 2 is 1.81 bits per heavy atom. The third-order valence-electron chi connectivity index (χ3n) is 3.38. The van der Waals surface area contributed by atoms with Crippen molar-refractivity contribution in [3.63, 3.8) is 0 Å². The minimum Gasteiger partial charge on any atom is -0.496 e. The van der Waals surface area contributed by atoms with Gasteiger partial charge in [0.05, 0.1) is 14.2 Å². The molecule has 0 heterocycles. The molecular weight excluding hydrogens is 268 g/mol. The molecule has 0 aromatic heterocycles. The lowest BCUT2D eigenvalue weighted by molar-refractivity contribution is 0.0892. The first-order valence-electron chi connectivity index (χ1n) is 7.10. The van der Waals surface area contributed by atoms with E-state index in [4.69, 9.17) is 15.2 Å². The minimum absolute atomic E-state index is 0.238. The Morgan fingerprint density at radius 1 is 1.29 bits per heavy atom. The van der Waals surface area contributed by atoms with Gasteiger partial charge in [-0.3, -0.25) is 4.79 Å². The monoisotopic (exact) mass is 294 g/mol. The average molecular weight is 294 g/mol. The van der Waals surface area contributed by atoms with Crippen LogP contribution in [0.5, 0.6) is 11.5 Å². The highest BCUT2D eigenvalue weighted by atomic mass is 16.5. The van der Waals surface area contributed by atoms with E-state index in [1.165, 1.54) is 14.2 Å². The van der Waals surface area contributed by atoms with Crippen LogP contribution in [0.2, 0.25) is 0 Å². The molecule has 1 aromatic carbocycles. The summed E-state index contributed by atoms with van der Waals surface area (Å²) in [5.41, 5.74) is 5.78. The predicted molar refractivity (Wildman–Crippen MR) is 83.9 cm³/mol. The van der Waals surface area contributed by atoms with Crippen molar-refractivity contribution in [3.05, 3.63) is 23.8 Å². The predicted octanol–water partition coefficient (Wildman–Crippen LogP) is 2.20. The average Bonchev–Trinajstić information content (AvgIpc) is 2.45. The minimum atomic E-state index is -0.461. The molecule has 0 aliphatic rings. The SMILES string of the molecule is COc1cccc(OC)c1C(=O)NC(C)(CN)CC(C)C. The molecule has 3 N–H and O–H groups in total. The molecule has 0 bridgehead atoms. The Hall–Kier alpha value is -1.75. The molecule has 5 nitrogen and oxygen atoms in total. The Kier molecular flexibility index (Phi) is 6.03. The molecular formula is C16H26N2O3. The second-order valence-corrected chi connectivity index (χ2v) is 5.85. The highest BCUT2D eigenvalue weighted by Crippen LogP contribution is 2.29. The maximum absolute atomic E-state index is 12.6. The molecule has 0 spiro atoms. The molecule has 1 unspecified atom stereocenters. The van der Waals surface area contributed by atoms with Crippen molar-refractivity contribution in [1.82, 2.24) is 5.32 Å². The van der Waals surface area contributed by atoms with E-state index in [1.807, 2.05) is 6.92 Å². The smallest absolute Gasteiger partial charge is 0.259 e. The Balaban J connectivity index is 3.08. The van der Waals surface area contributed by atoms with E-state index >= 15 is 0 Å². The number of nitrogens with one attached hydrogen (secondary N) is 1. The molecule has 1 rings (SSSR count). The van der Waals surface area contributed by atoms with Gasteiger partial charge in [0.1, 0.15) is 17.1 Å². The summed E-state index contributed by atoms with van der Waals surface area (Å²) < 4.78 is 10.5. The maximum atomic E-state index is 12.6. The van der Waals surface area contributed by atoms with Gasteiger partial charge in [-0.05, 0) is 31.4 Å². The summed E-state index contributed by atoms with van der Waals surface area (Å²) >= 11 is 0. The zero-order valence-electron chi connectivity index (χ0n) is 13.5. The molecule has 21 heavy (non-hydrogen) atoms. The number of nitrogens with two attached hydrogens (primary N) is 1. The van der Waals surface area contributed by atoms with Gasteiger partial charge >= 0.3 is 0 Å². The number of benzene rings is 1. The van der Waals surface area contributed by atoms with Crippen LogP contribution in [-0.2, 0) is 0 Å². The van der Waals surface area contributed by atoms with Gasteiger partial charge in [-0.25, -0.2) is 0 Å². The highest BCUT2D eigenvalue weighted by molar-refractivity contribution is 6.00. The van der Waals surface area contributed by atoms with Gasteiger partial charge in [-0.15, -0.1) is 0 Å². The van der Waals surface area contributed by atoms with Crippen LogP contribution in [0.4, 0.5) is 0 Å². The van der Waals surface area contributed by atoms with Crippen molar-refractivity contribution in [3.8, 4) is 11.5 Å². The Morgan fingerprint density at radius 3 is 2.19 bits per heavy atom. The lowest BCUT2D eigenvalue weighted by atomic mass is 9.90. The molecule has 0 radical (unpaired) electrons. The Bertz CT molecular complexity index is 466. The van der Waals surface area contributed by atoms with Crippen molar-refractivity contribution in [1.29, 1.82) is 0 Å². The van der Waals surface area contributed by atoms with Gasteiger partial charge in [0.2, 0.25) is 0 Å². The fourth-order valence-electron chi connectivity index (χ4n) is 2.50. The maximum Gasteiger partial charge on any atom is 0.259 e. The van der Waals surface area contributed by atoms with Crippen molar-refractivity contribution in [2.45, 2.75) is 32.7 Å². The number of rotatable bonds is 7. The summed E-state index contributed by atoms with van der Waals surface area (Å²) in [6.45, 7) is 6.52. The van der Waals surface area contributed by atoms with Crippen LogP contribution in [0, 0.1) is 5.92 Å². The summed E-state index contributed by atoms with van der Waals surface area (Å²) in [6, 6.07) is 5.25. The van der Waals surface area contributed by atoms with E-state index in [1.54, 1.807) is 18.2 Å². The van der Waals surface area contributed by atoms with Gasteiger partial charge in [0.25, 0.3) is 5.91 Å². The lowest BCUT2D eigenvalue weighted by Gasteiger charge is -2.31. The number of hydrogen-bond donors (Lipinski definition) is 2. The van der Waals surface area contributed by atoms with E-state index in [0.29, 0.717) is 29.5 Å². The van der Waals surface area contributed by atoms with Crippen molar-refractivity contribution < 1.29 is 14.3 Å². The number of carbonyl (C=O) groups excluding carboxylic acids is 1. The van der Waals surface area contributed by atoms with E-state index in [0.717, 1.165) is 6.42 Å². The summed E-state index contributed by atoms with van der Waals surface area (Å²) in [4.78, 5) is 12.6. The molecule has 0 aliphatic carbocycles. The molecule has 1 atom stereocenters. The van der Waals surface area contributed by atoms with Crippen LogP contribution in [0.25, 0.3) is 0 Å². The molecule has 1 aromatic rings. The topological polar surface area (TPSA) is 73.6 Å². The number of carbonyl (C=O) groups is 1. The molecule has 1 amide bonds. The summed E-state index contributed by atoms with van der Waals surface area (Å²) in [7, 11) is 3.06. The second kappa shape index (κ2) is 7.31. The largest absolute Gasteiger partial charge is 0.496 e. The second-order valence-electron chi connectivity index (χ2n) is 5.85. The third kappa shape index (κ3) is 4.36. The van der Waals surface area contributed by atoms with Crippen molar-refractivity contribution >= 4 is 5.91 Å². The van der Waals surface area contributed by atoms with Crippen LogP contribution in [0.3, 0.4) is 0 Å². The number of amides is 1. The van der Waals surface area contributed by atoms with E-state index in [2.05, 4.69) is 19.2 Å². The molecule has 118 valence electrons. The molecule has 5 heteroatoms. The number of hydrogen-bond acceptors (Lipinski definition) is 4. The van der Waals surface area contributed by atoms with Crippen LogP contribution in [-0.4, -0.2) is 32.2 Å². The van der Waals surface area contributed by atoms with Crippen LogP contribution >= 0.6 is 0 Å². The van der Waals surface area contributed by atoms with Crippen LogP contribution in [0.15, 0.2) is 18.2 Å². The fraction of sp³-hybridized carbons (Fsp3) is 0.562. The summed E-state index contributed by atoms with van der Waals surface area (Å²) in [6.07, 6.45) is 0.798. The zero-order valence-corrected chi connectivity index (χ0v) is 13.5. The Labute approximate surface area is 126 Å². The van der Waals surface area contributed by atoms with Gasteiger partial charge in [-0.2, -0.15) is 0 Å². The first-order valence-corrected chi connectivity index (χ1v) is 7.10.